The van der Waals surface area contributed by atoms with E-state index in [1.807, 2.05) is 19.1 Å². The lowest BCUT2D eigenvalue weighted by Crippen LogP contribution is -2.42. The summed E-state index contributed by atoms with van der Waals surface area (Å²) in [5.41, 5.74) is 1.49. The van der Waals surface area contributed by atoms with Crippen LogP contribution in [0.15, 0.2) is 48.5 Å². The summed E-state index contributed by atoms with van der Waals surface area (Å²) in [5, 5.41) is 15.9. The monoisotopic (exact) mass is 413 g/mol. The van der Waals surface area contributed by atoms with Crippen molar-refractivity contribution in [1.29, 1.82) is 0 Å². The van der Waals surface area contributed by atoms with Crippen molar-refractivity contribution in [1.82, 2.24) is 5.32 Å². The molecule has 0 saturated carbocycles. The Morgan fingerprint density at radius 3 is 2.37 bits per heavy atom. The third-order valence-electron chi connectivity index (χ3n) is 4.31. The van der Waals surface area contributed by atoms with Gasteiger partial charge in [-0.15, -0.1) is 0 Å². The lowest BCUT2D eigenvalue weighted by atomic mass is 10.1. The van der Waals surface area contributed by atoms with Gasteiger partial charge in [0.15, 0.2) is 6.10 Å². The van der Waals surface area contributed by atoms with Crippen LogP contribution in [-0.2, 0) is 20.7 Å². The van der Waals surface area contributed by atoms with Gasteiger partial charge in [-0.2, -0.15) is 0 Å². The van der Waals surface area contributed by atoms with Gasteiger partial charge in [0.05, 0.1) is 4.92 Å². The Bertz CT molecular complexity index is 942. The zero-order valence-electron chi connectivity index (χ0n) is 16.9. The first kappa shape index (κ1) is 22.5. The number of non-ortho nitro benzene ring substituents is 1. The van der Waals surface area contributed by atoms with Crippen LogP contribution < -0.4 is 10.6 Å². The van der Waals surface area contributed by atoms with Crippen molar-refractivity contribution in [3.8, 4) is 0 Å². The first-order valence-electron chi connectivity index (χ1n) is 9.37. The van der Waals surface area contributed by atoms with Crippen LogP contribution in [0.5, 0.6) is 0 Å². The van der Waals surface area contributed by atoms with Crippen LogP contribution in [0.4, 0.5) is 11.4 Å². The number of nitro benzene ring substituents is 1. The van der Waals surface area contributed by atoms with Crippen molar-refractivity contribution in [2.75, 3.05) is 5.32 Å². The van der Waals surface area contributed by atoms with Gasteiger partial charge in [0.2, 0.25) is 0 Å². The maximum Gasteiger partial charge on any atom is 0.329 e. The number of ether oxygens (including phenoxy) is 1. The second-order valence-electron chi connectivity index (χ2n) is 6.62. The van der Waals surface area contributed by atoms with Gasteiger partial charge < -0.3 is 15.4 Å². The molecule has 2 rings (SSSR count). The standard InChI is InChI=1S/C21H23N3O6/c1-4-15-8-10-17(11-9-15)23-19(25)14(3)30-21(27)13(2)22-20(26)16-6-5-7-18(12-16)24(28)29/h5-14H,4H2,1-3H3,(H,22,26)(H,23,25)/t13-,14-/m0/s1. The molecular weight excluding hydrogens is 390 g/mol. The van der Waals surface area contributed by atoms with E-state index in [4.69, 9.17) is 4.74 Å². The Balaban J connectivity index is 1.90. The number of esters is 1. The number of amides is 2. The highest BCUT2D eigenvalue weighted by Crippen LogP contribution is 2.14. The number of carbonyl (C=O) groups is 3. The summed E-state index contributed by atoms with van der Waals surface area (Å²) in [6, 6.07) is 11.3. The Morgan fingerprint density at radius 1 is 1.10 bits per heavy atom. The number of hydrogen-bond donors (Lipinski definition) is 2. The van der Waals surface area contributed by atoms with Gasteiger partial charge in [-0.1, -0.05) is 25.1 Å². The van der Waals surface area contributed by atoms with Crippen LogP contribution in [0.3, 0.4) is 0 Å². The first-order chi connectivity index (χ1) is 14.2. The SMILES string of the molecule is CCc1ccc(NC(=O)[C@H](C)OC(=O)[C@H](C)NC(=O)c2cccc([N+](=O)[O-])c2)cc1. The number of nitrogens with one attached hydrogen (secondary N) is 2. The molecule has 0 unspecified atom stereocenters. The van der Waals surface area contributed by atoms with Crippen molar-refractivity contribution in [3.63, 3.8) is 0 Å². The Hall–Kier alpha value is -3.75. The number of nitro groups is 1. The smallest absolute Gasteiger partial charge is 0.329 e. The van der Waals surface area contributed by atoms with Crippen LogP contribution >= 0.6 is 0 Å². The van der Waals surface area contributed by atoms with Gasteiger partial charge in [0.25, 0.3) is 17.5 Å². The third-order valence-corrected chi connectivity index (χ3v) is 4.31. The van der Waals surface area contributed by atoms with Crippen molar-refractivity contribution in [3.05, 3.63) is 69.8 Å². The average molecular weight is 413 g/mol. The molecule has 2 amide bonds. The molecule has 0 aliphatic rings. The second kappa shape index (κ2) is 10.1. The molecule has 158 valence electrons. The molecule has 0 bridgehead atoms. The molecule has 9 heteroatoms. The summed E-state index contributed by atoms with van der Waals surface area (Å²) in [6.45, 7) is 4.84. The maximum absolute atomic E-state index is 12.2. The number of benzene rings is 2. The van der Waals surface area contributed by atoms with Gasteiger partial charge in [0.1, 0.15) is 6.04 Å². The molecule has 2 aromatic carbocycles. The van der Waals surface area contributed by atoms with E-state index >= 15 is 0 Å². The fraction of sp³-hybridized carbons (Fsp3) is 0.286. The van der Waals surface area contributed by atoms with Crippen molar-refractivity contribution >= 4 is 29.2 Å². The fourth-order valence-corrected chi connectivity index (χ4v) is 2.50. The van der Waals surface area contributed by atoms with Crippen LogP contribution in [0, 0.1) is 10.1 Å². The summed E-state index contributed by atoms with van der Waals surface area (Å²) < 4.78 is 5.12. The van der Waals surface area contributed by atoms with E-state index < -0.39 is 34.9 Å². The Labute approximate surface area is 173 Å². The topological polar surface area (TPSA) is 128 Å². The molecule has 0 radical (unpaired) electrons. The first-order valence-corrected chi connectivity index (χ1v) is 9.37. The molecule has 0 fully saturated rings. The van der Waals surface area contributed by atoms with Crippen LogP contribution in [-0.4, -0.2) is 34.9 Å². The molecule has 9 nitrogen and oxygen atoms in total. The predicted molar refractivity (Wildman–Crippen MR) is 110 cm³/mol. The molecular formula is C21H23N3O6. The summed E-state index contributed by atoms with van der Waals surface area (Å²) in [7, 11) is 0. The van der Waals surface area contributed by atoms with E-state index in [1.165, 1.54) is 32.0 Å². The maximum atomic E-state index is 12.2. The minimum Gasteiger partial charge on any atom is -0.451 e. The van der Waals surface area contributed by atoms with Crippen molar-refractivity contribution in [2.24, 2.45) is 0 Å². The summed E-state index contributed by atoms with van der Waals surface area (Å²) >= 11 is 0. The van der Waals surface area contributed by atoms with Crippen LogP contribution in [0.25, 0.3) is 0 Å². The molecule has 0 aliphatic carbocycles. The summed E-state index contributed by atoms with van der Waals surface area (Å²) in [6.07, 6.45) is -0.206. The zero-order valence-corrected chi connectivity index (χ0v) is 16.9. The minimum absolute atomic E-state index is 0.0326. The van der Waals surface area contributed by atoms with Crippen molar-refractivity contribution < 1.29 is 24.0 Å². The van der Waals surface area contributed by atoms with Gasteiger partial charge in [0, 0.05) is 23.4 Å². The molecule has 0 spiro atoms. The average Bonchev–Trinajstić information content (AvgIpc) is 2.74. The molecule has 30 heavy (non-hydrogen) atoms. The zero-order chi connectivity index (χ0) is 22.3. The number of anilines is 1. The van der Waals surface area contributed by atoms with Crippen molar-refractivity contribution in [2.45, 2.75) is 39.3 Å². The summed E-state index contributed by atoms with van der Waals surface area (Å²) in [5.74, 6) is -1.99. The fourth-order valence-electron chi connectivity index (χ4n) is 2.50. The Morgan fingerprint density at radius 2 is 1.77 bits per heavy atom. The number of carbonyl (C=O) groups excluding carboxylic acids is 3. The molecule has 2 aromatic rings. The molecule has 0 aliphatic heterocycles. The highest BCUT2D eigenvalue weighted by molar-refractivity contribution is 5.98. The molecule has 0 aromatic heterocycles. The number of nitrogens with zero attached hydrogens (tertiary/aromatic N) is 1. The lowest BCUT2D eigenvalue weighted by molar-refractivity contribution is -0.384. The van der Waals surface area contributed by atoms with Crippen LogP contribution in [0.1, 0.15) is 36.7 Å². The van der Waals surface area contributed by atoms with Crippen LogP contribution in [0.2, 0.25) is 0 Å². The Kier molecular flexibility index (Phi) is 7.62. The number of hydrogen-bond acceptors (Lipinski definition) is 6. The van der Waals surface area contributed by atoms with E-state index in [1.54, 1.807) is 12.1 Å². The number of rotatable bonds is 8. The van der Waals surface area contributed by atoms with Gasteiger partial charge >= 0.3 is 5.97 Å². The lowest BCUT2D eigenvalue weighted by Gasteiger charge is -2.17. The highest BCUT2D eigenvalue weighted by atomic mass is 16.6. The molecule has 2 N–H and O–H groups in total. The normalized spacial score (nSPS) is 12.4. The van der Waals surface area contributed by atoms with Gasteiger partial charge in [-0.25, -0.2) is 4.79 Å². The van der Waals surface area contributed by atoms with E-state index in [-0.39, 0.29) is 11.3 Å². The molecule has 0 heterocycles. The van der Waals surface area contributed by atoms with E-state index in [0.717, 1.165) is 18.1 Å². The minimum atomic E-state index is -1.08. The highest BCUT2D eigenvalue weighted by Gasteiger charge is 2.24. The predicted octanol–water partition coefficient (Wildman–Crippen LogP) is 2.85. The molecule has 0 saturated heterocycles. The van der Waals surface area contributed by atoms with Gasteiger partial charge in [-0.05, 0) is 44.0 Å². The summed E-state index contributed by atoms with van der Waals surface area (Å²) in [4.78, 5) is 46.9. The van der Waals surface area contributed by atoms with E-state index in [0.29, 0.717) is 5.69 Å². The second-order valence-corrected chi connectivity index (χ2v) is 6.62. The quantitative estimate of drug-likeness (QED) is 0.389. The van der Waals surface area contributed by atoms with E-state index in [2.05, 4.69) is 10.6 Å². The molecule has 2 atom stereocenters. The largest absolute Gasteiger partial charge is 0.451 e. The van der Waals surface area contributed by atoms with E-state index in [9.17, 15) is 24.5 Å². The number of aryl methyl sites for hydroxylation is 1. The third kappa shape index (κ3) is 6.13. The van der Waals surface area contributed by atoms with Gasteiger partial charge in [-0.3, -0.25) is 19.7 Å².